The van der Waals surface area contributed by atoms with Gasteiger partial charge in [-0.15, -0.1) is 0 Å². The summed E-state index contributed by atoms with van der Waals surface area (Å²) in [5, 5.41) is 18.7. The molecule has 0 spiro atoms. The molecule has 2 heterocycles. The van der Waals surface area contributed by atoms with Crippen molar-refractivity contribution in [2.24, 2.45) is 0 Å². The molecule has 2 atom stereocenters. The fourth-order valence-electron chi connectivity index (χ4n) is 2.48. The Labute approximate surface area is 119 Å². The van der Waals surface area contributed by atoms with Crippen molar-refractivity contribution in [1.29, 1.82) is 0 Å². The molecule has 1 amide bonds. The molecule has 1 aromatic heterocycles. The number of benzene rings is 1. The number of fused-ring (bicyclic) bond motifs is 1. The molecule has 0 radical (unpaired) electrons. The molecule has 1 aromatic carbocycles. The molecule has 2 N–H and O–H groups in total. The lowest BCUT2D eigenvalue weighted by molar-refractivity contribution is -0.141. The van der Waals surface area contributed by atoms with E-state index in [0.717, 1.165) is 4.90 Å². The smallest absolute Gasteiger partial charge is 0.326 e. The number of β-amino-alcohol motifs (C(OH)–C–C–N with tert-alkyl or cyclic N) is 1. The van der Waals surface area contributed by atoms with Crippen LogP contribution in [0, 0.1) is 0 Å². The van der Waals surface area contributed by atoms with Crippen molar-refractivity contribution in [3.8, 4) is 0 Å². The molecule has 0 unspecified atom stereocenters. The summed E-state index contributed by atoms with van der Waals surface area (Å²) in [5.74, 6) is -1.66. The maximum Gasteiger partial charge on any atom is 0.326 e. The van der Waals surface area contributed by atoms with Crippen LogP contribution in [-0.4, -0.2) is 55.6 Å². The minimum Gasteiger partial charge on any atom is -0.480 e. The number of para-hydroxylation sites is 2. The summed E-state index contributed by atoms with van der Waals surface area (Å²) in [5.41, 5.74) is 1.30. The van der Waals surface area contributed by atoms with E-state index in [9.17, 15) is 14.7 Å². The number of aliphatic carboxylic acids is 1. The molecule has 1 fully saturated rings. The molecule has 0 aliphatic carbocycles. The minimum absolute atomic E-state index is 0.00962. The zero-order valence-electron chi connectivity index (χ0n) is 11.0. The van der Waals surface area contributed by atoms with E-state index in [1.54, 1.807) is 18.2 Å². The van der Waals surface area contributed by atoms with Gasteiger partial charge in [-0.2, -0.15) is 0 Å². The van der Waals surface area contributed by atoms with E-state index >= 15 is 0 Å². The fraction of sp³-hybridized carbons (Fsp3) is 0.286. The summed E-state index contributed by atoms with van der Waals surface area (Å²) < 4.78 is 0. The van der Waals surface area contributed by atoms with Gasteiger partial charge in [0.1, 0.15) is 11.7 Å². The Hall–Kier alpha value is -2.54. The Morgan fingerprint density at radius 3 is 2.67 bits per heavy atom. The SMILES string of the molecule is O=C(O)[C@@H]1C[C@H](O)CN1C(=O)c1cnc2ccccc2n1. The quantitative estimate of drug-likeness (QED) is 0.822. The number of hydrogen-bond acceptors (Lipinski definition) is 5. The van der Waals surface area contributed by atoms with Gasteiger partial charge in [0.2, 0.25) is 0 Å². The van der Waals surface area contributed by atoms with Crippen molar-refractivity contribution >= 4 is 22.9 Å². The molecule has 108 valence electrons. The van der Waals surface area contributed by atoms with E-state index in [0.29, 0.717) is 11.0 Å². The van der Waals surface area contributed by atoms with Crippen LogP contribution in [0.3, 0.4) is 0 Å². The average Bonchev–Trinajstić information content (AvgIpc) is 2.88. The maximum absolute atomic E-state index is 12.4. The van der Waals surface area contributed by atoms with Gasteiger partial charge in [-0.05, 0) is 12.1 Å². The molecular formula is C14H13N3O4. The van der Waals surface area contributed by atoms with Crippen LogP contribution in [0.5, 0.6) is 0 Å². The molecule has 7 heteroatoms. The second-order valence-corrected chi connectivity index (χ2v) is 4.95. The molecule has 0 saturated carbocycles. The predicted octanol–water partition coefficient (Wildman–Crippen LogP) is 0.290. The van der Waals surface area contributed by atoms with Crippen molar-refractivity contribution in [2.45, 2.75) is 18.6 Å². The first-order valence-electron chi connectivity index (χ1n) is 6.50. The number of nitrogens with zero attached hydrogens (tertiary/aromatic N) is 3. The van der Waals surface area contributed by atoms with Crippen LogP contribution in [0.1, 0.15) is 16.9 Å². The van der Waals surface area contributed by atoms with Gasteiger partial charge in [0.15, 0.2) is 0 Å². The maximum atomic E-state index is 12.4. The Kier molecular flexibility index (Phi) is 3.26. The standard InChI is InChI=1S/C14H13N3O4/c18-8-5-12(14(20)21)17(7-8)13(19)11-6-15-9-3-1-2-4-10(9)16-11/h1-4,6,8,12,18H,5,7H2,(H,20,21)/t8-,12-/m0/s1. The Balaban J connectivity index is 1.94. The van der Waals surface area contributed by atoms with E-state index in [1.165, 1.54) is 6.20 Å². The number of carboxylic acid groups (broad SMARTS) is 1. The Bertz CT molecular complexity index is 718. The van der Waals surface area contributed by atoms with Crippen LogP contribution in [0.2, 0.25) is 0 Å². The van der Waals surface area contributed by atoms with E-state index in [1.807, 2.05) is 6.07 Å². The van der Waals surface area contributed by atoms with E-state index in [2.05, 4.69) is 9.97 Å². The number of carboxylic acids is 1. The normalized spacial score (nSPS) is 21.7. The summed E-state index contributed by atoms with van der Waals surface area (Å²) in [6.45, 7) is -0.00962. The van der Waals surface area contributed by atoms with Crippen LogP contribution in [-0.2, 0) is 4.79 Å². The zero-order chi connectivity index (χ0) is 15.0. The number of likely N-dealkylation sites (tertiary alicyclic amines) is 1. The van der Waals surface area contributed by atoms with Gasteiger partial charge >= 0.3 is 5.97 Å². The number of aliphatic hydroxyl groups excluding tert-OH is 1. The highest BCUT2D eigenvalue weighted by Crippen LogP contribution is 2.21. The highest BCUT2D eigenvalue weighted by atomic mass is 16.4. The van der Waals surface area contributed by atoms with Crippen LogP contribution in [0.4, 0.5) is 0 Å². The Morgan fingerprint density at radius 1 is 1.24 bits per heavy atom. The molecule has 21 heavy (non-hydrogen) atoms. The third kappa shape index (κ3) is 2.43. The van der Waals surface area contributed by atoms with Crippen molar-refractivity contribution in [3.05, 3.63) is 36.2 Å². The number of aromatic nitrogens is 2. The molecule has 1 aliphatic rings. The van der Waals surface area contributed by atoms with Gasteiger partial charge in [-0.1, -0.05) is 12.1 Å². The van der Waals surface area contributed by atoms with Crippen LogP contribution in [0.25, 0.3) is 11.0 Å². The van der Waals surface area contributed by atoms with Gasteiger partial charge in [0, 0.05) is 13.0 Å². The number of hydrogen-bond donors (Lipinski definition) is 2. The summed E-state index contributed by atoms with van der Waals surface area (Å²) >= 11 is 0. The lowest BCUT2D eigenvalue weighted by atomic mass is 10.2. The number of aliphatic hydroxyl groups is 1. The van der Waals surface area contributed by atoms with E-state index < -0.39 is 24.0 Å². The molecule has 1 aliphatic heterocycles. The van der Waals surface area contributed by atoms with Gasteiger partial charge < -0.3 is 15.1 Å². The minimum atomic E-state index is -1.13. The van der Waals surface area contributed by atoms with Gasteiger partial charge in [0.25, 0.3) is 5.91 Å². The molecule has 0 bridgehead atoms. The first-order valence-corrected chi connectivity index (χ1v) is 6.50. The average molecular weight is 287 g/mol. The van der Waals surface area contributed by atoms with Crippen LogP contribution >= 0.6 is 0 Å². The first-order chi connectivity index (χ1) is 10.1. The third-order valence-corrected chi connectivity index (χ3v) is 3.49. The largest absolute Gasteiger partial charge is 0.480 e. The monoisotopic (exact) mass is 287 g/mol. The zero-order valence-corrected chi connectivity index (χ0v) is 11.0. The topological polar surface area (TPSA) is 104 Å². The summed E-state index contributed by atoms with van der Waals surface area (Å²) in [4.78, 5) is 33.0. The summed E-state index contributed by atoms with van der Waals surface area (Å²) in [7, 11) is 0. The summed E-state index contributed by atoms with van der Waals surface area (Å²) in [6.07, 6.45) is 0.527. The van der Waals surface area contributed by atoms with E-state index in [-0.39, 0.29) is 18.7 Å². The predicted molar refractivity (Wildman–Crippen MR) is 72.6 cm³/mol. The second-order valence-electron chi connectivity index (χ2n) is 4.95. The fourth-order valence-corrected chi connectivity index (χ4v) is 2.48. The number of amides is 1. The molecule has 3 rings (SSSR count). The van der Waals surface area contributed by atoms with Crippen molar-refractivity contribution < 1.29 is 19.8 Å². The highest BCUT2D eigenvalue weighted by molar-refractivity contribution is 5.96. The molecule has 2 aromatic rings. The van der Waals surface area contributed by atoms with Crippen LogP contribution in [0.15, 0.2) is 30.5 Å². The van der Waals surface area contributed by atoms with E-state index in [4.69, 9.17) is 5.11 Å². The van der Waals surface area contributed by atoms with Gasteiger partial charge in [-0.25, -0.2) is 9.78 Å². The highest BCUT2D eigenvalue weighted by Gasteiger charge is 2.39. The second kappa shape index (κ2) is 5.10. The number of carbonyl (C=O) groups excluding carboxylic acids is 1. The molecule has 1 saturated heterocycles. The third-order valence-electron chi connectivity index (χ3n) is 3.49. The van der Waals surface area contributed by atoms with Crippen molar-refractivity contribution in [2.75, 3.05) is 6.54 Å². The lowest BCUT2D eigenvalue weighted by Crippen LogP contribution is -2.41. The van der Waals surface area contributed by atoms with Gasteiger partial charge in [-0.3, -0.25) is 9.78 Å². The van der Waals surface area contributed by atoms with Crippen molar-refractivity contribution in [1.82, 2.24) is 14.9 Å². The first kappa shape index (κ1) is 13.4. The molecular weight excluding hydrogens is 274 g/mol. The number of rotatable bonds is 2. The van der Waals surface area contributed by atoms with Crippen molar-refractivity contribution in [3.63, 3.8) is 0 Å². The summed E-state index contributed by atoms with van der Waals surface area (Å²) in [6, 6.07) is 6.07. The Morgan fingerprint density at radius 2 is 1.95 bits per heavy atom. The van der Waals surface area contributed by atoms with Gasteiger partial charge in [0.05, 0.1) is 23.3 Å². The number of carbonyl (C=O) groups is 2. The molecule has 7 nitrogen and oxygen atoms in total. The lowest BCUT2D eigenvalue weighted by Gasteiger charge is -2.20. The van der Waals surface area contributed by atoms with Crippen LogP contribution < -0.4 is 0 Å².